The van der Waals surface area contributed by atoms with Crippen LogP contribution in [0.5, 0.6) is 0 Å². The standard InChI is InChI=1S/C10H19NO/c1-5-6-7-11(4)10(12)8-9(2)3/h8H,5-7H2,1-4H3. The Morgan fingerprint density at radius 2 is 2.00 bits per heavy atom. The molecule has 12 heavy (non-hydrogen) atoms. The molecule has 0 saturated heterocycles. The van der Waals surface area contributed by atoms with E-state index in [1.807, 2.05) is 20.9 Å². The Morgan fingerprint density at radius 1 is 1.42 bits per heavy atom. The van der Waals surface area contributed by atoms with Gasteiger partial charge in [0.05, 0.1) is 0 Å². The van der Waals surface area contributed by atoms with Crippen molar-refractivity contribution < 1.29 is 4.79 Å². The van der Waals surface area contributed by atoms with Crippen molar-refractivity contribution in [1.82, 2.24) is 4.90 Å². The van der Waals surface area contributed by atoms with Gasteiger partial charge in [0.25, 0.3) is 0 Å². The van der Waals surface area contributed by atoms with Gasteiger partial charge >= 0.3 is 0 Å². The molecule has 0 aromatic carbocycles. The highest BCUT2D eigenvalue weighted by Gasteiger charge is 2.02. The third kappa shape index (κ3) is 4.94. The van der Waals surface area contributed by atoms with Crippen molar-refractivity contribution in [2.24, 2.45) is 0 Å². The molecule has 0 bridgehead atoms. The number of hydrogen-bond donors (Lipinski definition) is 0. The molecular weight excluding hydrogens is 150 g/mol. The van der Waals surface area contributed by atoms with Gasteiger partial charge in [-0.1, -0.05) is 18.9 Å². The van der Waals surface area contributed by atoms with Crippen molar-refractivity contribution in [3.63, 3.8) is 0 Å². The first kappa shape index (κ1) is 11.2. The number of rotatable bonds is 4. The third-order valence-electron chi connectivity index (χ3n) is 1.64. The van der Waals surface area contributed by atoms with E-state index in [2.05, 4.69) is 6.92 Å². The lowest BCUT2D eigenvalue weighted by Crippen LogP contribution is -2.25. The normalized spacial score (nSPS) is 9.33. The van der Waals surface area contributed by atoms with E-state index in [9.17, 15) is 4.79 Å². The van der Waals surface area contributed by atoms with Crippen LogP contribution in [0, 0.1) is 0 Å². The van der Waals surface area contributed by atoms with Gasteiger partial charge in [-0.25, -0.2) is 0 Å². The van der Waals surface area contributed by atoms with E-state index in [4.69, 9.17) is 0 Å². The van der Waals surface area contributed by atoms with E-state index in [0.717, 1.165) is 25.0 Å². The SMILES string of the molecule is CCCCN(C)C(=O)C=C(C)C. The van der Waals surface area contributed by atoms with Gasteiger partial charge < -0.3 is 4.90 Å². The zero-order valence-corrected chi connectivity index (χ0v) is 8.55. The summed E-state index contributed by atoms with van der Waals surface area (Å²) in [6, 6.07) is 0. The van der Waals surface area contributed by atoms with Gasteiger partial charge in [0.2, 0.25) is 5.91 Å². The van der Waals surface area contributed by atoms with E-state index in [1.54, 1.807) is 11.0 Å². The van der Waals surface area contributed by atoms with Crippen LogP contribution >= 0.6 is 0 Å². The predicted molar refractivity (Wildman–Crippen MR) is 52.0 cm³/mol. The van der Waals surface area contributed by atoms with Crippen molar-refractivity contribution in [3.8, 4) is 0 Å². The first-order chi connectivity index (χ1) is 5.57. The monoisotopic (exact) mass is 169 g/mol. The highest BCUT2D eigenvalue weighted by atomic mass is 16.2. The first-order valence-corrected chi connectivity index (χ1v) is 4.48. The van der Waals surface area contributed by atoms with Gasteiger partial charge in [0.1, 0.15) is 0 Å². The minimum atomic E-state index is 0.114. The second-order valence-electron chi connectivity index (χ2n) is 3.34. The second kappa shape index (κ2) is 5.81. The topological polar surface area (TPSA) is 20.3 Å². The Bertz CT molecular complexity index is 169. The number of likely N-dealkylation sites (N-methyl/N-ethyl adjacent to an activating group) is 1. The summed E-state index contributed by atoms with van der Waals surface area (Å²) in [5, 5.41) is 0. The predicted octanol–water partition coefficient (Wildman–Crippen LogP) is 2.21. The third-order valence-corrected chi connectivity index (χ3v) is 1.64. The molecule has 0 rings (SSSR count). The van der Waals surface area contributed by atoms with Crippen molar-refractivity contribution in [2.45, 2.75) is 33.6 Å². The minimum absolute atomic E-state index is 0.114. The zero-order valence-electron chi connectivity index (χ0n) is 8.55. The first-order valence-electron chi connectivity index (χ1n) is 4.48. The number of hydrogen-bond acceptors (Lipinski definition) is 1. The Morgan fingerprint density at radius 3 is 2.42 bits per heavy atom. The molecule has 0 aromatic rings. The van der Waals surface area contributed by atoms with Gasteiger partial charge in [0.15, 0.2) is 0 Å². The largest absolute Gasteiger partial charge is 0.342 e. The van der Waals surface area contributed by atoms with Gasteiger partial charge in [-0.05, 0) is 20.3 Å². The summed E-state index contributed by atoms with van der Waals surface area (Å²) >= 11 is 0. The van der Waals surface area contributed by atoms with E-state index in [0.29, 0.717) is 0 Å². The van der Waals surface area contributed by atoms with Crippen molar-refractivity contribution in [1.29, 1.82) is 0 Å². The quantitative estimate of drug-likeness (QED) is 0.591. The van der Waals surface area contributed by atoms with Crippen molar-refractivity contribution in [2.75, 3.05) is 13.6 Å². The molecule has 0 N–H and O–H groups in total. The molecule has 0 radical (unpaired) electrons. The molecule has 0 heterocycles. The van der Waals surface area contributed by atoms with Crippen molar-refractivity contribution in [3.05, 3.63) is 11.6 Å². The summed E-state index contributed by atoms with van der Waals surface area (Å²) in [6.45, 7) is 6.86. The number of carbonyl (C=O) groups is 1. The maximum atomic E-state index is 11.3. The molecule has 0 spiro atoms. The van der Waals surface area contributed by atoms with E-state index in [1.165, 1.54) is 0 Å². The number of allylic oxidation sites excluding steroid dienone is 1. The fourth-order valence-electron chi connectivity index (χ4n) is 0.863. The van der Waals surface area contributed by atoms with Crippen LogP contribution in [0.4, 0.5) is 0 Å². The fraction of sp³-hybridized carbons (Fsp3) is 0.700. The molecule has 0 unspecified atom stereocenters. The molecule has 2 heteroatoms. The van der Waals surface area contributed by atoms with Crippen molar-refractivity contribution >= 4 is 5.91 Å². The van der Waals surface area contributed by atoms with Crippen LogP contribution in [0.2, 0.25) is 0 Å². The number of carbonyl (C=O) groups excluding carboxylic acids is 1. The summed E-state index contributed by atoms with van der Waals surface area (Å²) in [5.74, 6) is 0.114. The maximum absolute atomic E-state index is 11.3. The summed E-state index contributed by atoms with van der Waals surface area (Å²) in [7, 11) is 1.84. The fourth-order valence-corrected chi connectivity index (χ4v) is 0.863. The molecule has 70 valence electrons. The van der Waals surface area contributed by atoms with Crippen LogP contribution in [-0.4, -0.2) is 24.4 Å². The molecule has 0 aliphatic carbocycles. The van der Waals surface area contributed by atoms with Crippen LogP contribution in [0.25, 0.3) is 0 Å². The van der Waals surface area contributed by atoms with Crippen LogP contribution in [0.1, 0.15) is 33.6 Å². The molecule has 0 aliphatic rings. The maximum Gasteiger partial charge on any atom is 0.246 e. The highest BCUT2D eigenvalue weighted by molar-refractivity contribution is 5.87. The number of nitrogens with zero attached hydrogens (tertiary/aromatic N) is 1. The lowest BCUT2D eigenvalue weighted by molar-refractivity contribution is -0.124. The van der Waals surface area contributed by atoms with Crippen LogP contribution in [0.15, 0.2) is 11.6 Å². The Hall–Kier alpha value is -0.790. The molecular formula is C10H19NO. The number of amides is 1. The van der Waals surface area contributed by atoms with Crippen LogP contribution in [0.3, 0.4) is 0 Å². The molecule has 0 atom stereocenters. The zero-order chi connectivity index (χ0) is 9.56. The summed E-state index contributed by atoms with van der Waals surface area (Å²) in [6.07, 6.45) is 3.89. The second-order valence-corrected chi connectivity index (χ2v) is 3.34. The number of unbranched alkanes of at least 4 members (excludes halogenated alkanes) is 1. The molecule has 2 nitrogen and oxygen atoms in total. The molecule has 0 fully saturated rings. The lowest BCUT2D eigenvalue weighted by atomic mass is 10.3. The Balaban J connectivity index is 3.85. The van der Waals surface area contributed by atoms with Gasteiger partial charge in [-0.2, -0.15) is 0 Å². The van der Waals surface area contributed by atoms with Gasteiger partial charge in [0, 0.05) is 19.7 Å². The minimum Gasteiger partial charge on any atom is -0.342 e. The average molecular weight is 169 g/mol. The highest BCUT2D eigenvalue weighted by Crippen LogP contribution is 1.96. The van der Waals surface area contributed by atoms with Crippen LogP contribution < -0.4 is 0 Å². The summed E-state index contributed by atoms with van der Waals surface area (Å²) in [4.78, 5) is 13.1. The van der Waals surface area contributed by atoms with E-state index >= 15 is 0 Å². The average Bonchev–Trinajstić information content (AvgIpc) is 1.98. The Labute approximate surface area is 75.3 Å². The van der Waals surface area contributed by atoms with Gasteiger partial charge in [-0.15, -0.1) is 0 Å². The summed E-state index contributed by atoms with van der Waals surface area (Å²) < 4.78 is 0. The van der Waals surface area contributed by atoms with Crippen LogP contribution in [-0.2, 0) is 4.79 Å². The molecule has 0 saturated carbocycles. The lowest BCUT2D eigenvalue weighted by Gasteiger charge is -2.14. The molecule has 0 aromatic heterocycles. The van der Waals surface area contributed by atoms with E-state index in [-0.39, 0.29) is 5.91 Å². The molecule has 1 amide bonds. The molecule has 0 aliphatic heterocycles. The smallest absolute Gasteiger partial charge is 0.246 e. The summed E-state index contributed by atoms with van der Waals surface area (Å²) in [5.41, 5.74) is 1.06. The Kier molecular flexibility index (Phi) is 5.43. The van der Waals surface area contributed by atoms with E-state index < -0.39 is 0 Å². The van der Waals surface area contributed by atoms with Gasteiger partial charge in [-0.3, -0.25) is 4.79 Å².